The minimum atomic E-state index is -0.322. The maximum atomic E-state index is 13.7. The second-order valence-electron chi connectivity index (χ2n) is 9.51. The van der Waals surface area contributed by atoms with Crippen LogP contribution in [0, 0.1) is 18.3 Å². The third-order valence-corrected chi connectivity index (χ3v) is 7.12. The zero-order valence-electron chi connectivity index (χ0n) is 19.2. The molecule has 1 aromatic carbocycles. The number of carbonyl (C=O) groups is 2. The van der Waals surface area contributed by atoms with Crippen molar-refractivity contribution in [1.82, 2.24) is 15.0 Å². The number of nitrogens with zero attached hydrogens (tertiary/aromatic N) is 3. The van der Waals surface area contributed by atoms with Gasteiger partial charge in [0.1, 0.15) is 5.76 Å². The van der Waals surface area contributed by atoms with Crippen molar-refractivity contribution < 1.29 is 14.1 Å². The van der Waals surface area contributed by atoms with E-state index in [-0.39, 0.29) is 11.3 Å². The lowest BCUT2D eigenvalue weighted by atomic mass is 9.69. The van der Waals surface area contributed by atoms with Gasteiger partial charge in [-0.3, -0.25) is 14.5 Å². The normalized spacial score (nSPS) is 23.2. The van der Waals surface area contributed by atoms with Crippen LogP contribution in [0.2, 0.25) is 0 Å². The molecule has 0 spiro atoms. The molecule has 2 saturated heterocycles. The van der Waals surface area contributed by atoms with E-state index in [9.17, 15) is 9.59 Å². The summed E-state index contributed by atoms with van der Waals surface area (Å²) in [6.45, 7) is 7.50. The first-order valence-corrected chi connectivity index (χ1v) is 11.7. The number of hydrogen-bond donors (Lipinski definition) is 1. The van der Waals surface area contributed by atoms with Crippen LogP contribution in [0.25, 0.3) is 0 Å². The summed E-state index contributed by atoms with van der Waals surface area (Å²) in [4.78, 5) is 30.3. The Morgan fingerprint density at radius 2 is 1.94 bits per heavy atom. The van der Waals surface area contributed by atoms with E-state index in [2.05, 4.69) is 39.3 Å². The number of benzene rings is 1. The molecule has 2 amide bonds. The summed E-state index contributed by atoms with van der Waals surface area (Å²) in [5, 5.41) is 6.61. The second-order valence-corrected chi connectivity index (χ2v) is 9.51. The lowest BCUT2D eigenvalue weighted by molar-refractivity contribution is -0.146. The number of anilines is 1. The molecule has 0 bridgehead atoms. The van der Waals surface area contributed by atoms with Gasteiger partial charge in [0.2, 0.25) is 11.8 Å². The maximum Gasteiger partial charge on any atom is 0.239 e. The number of carbonyl (C=O) groups excluding carboxylic acids is 2. The zero-order valence-corrected chi connectivity index (χ0v) is 19.2. The van der Waals surface area contributed by atoms with E-state index in [0.717, 1.165) is 51.7 Å². The SMILES string of the molecule is Cc1cc(NC(=O)CN2CCC(C3(C)CCCCN(Cc4ccccc4)C3=O)CC2)no1. The number of piperidine rings is 1. The van der Waals surface area contributed by atoms with E-state index in [1.54, 1.807) is 13.0 Å². The van der Waals surface area contributed by atoms with Gasteiger partial charge >= 0.3 is 0 Å². The molecule has 172 valence electrons. The molecule has 2 fully saturated rings. The van der Waals surface area contributed by atoms with Crippen LogP contribution in [0.4, 0.5) is 5.82 Å². The lowest BCUT2D eigenvalue weighted by Gasteiger charge is -2.42. The fourth-order valence-electron chi connectivity index (χ4n) is 5.24. The molecule has 0 saturated carbocycles. The number of amides is 2. The molecule has 2 aliphatic rings. The van der Waals surface area contributed by atoms with Crippen LogP contribution in [-0.4, -0.2) is 52.9 Å². The minimum Gasteiger partial charge on any atom is -0.360 e. The Balaban J connectivity index is 1.33. The Labute approximate surface area is 190 Å². The predicted molar refractivity (Wildman–Crippen MR) is 123 cm³/mol. The van der Waals surface area contributed by atoms with Crippen molar-refractivity contribution in [3.8, 4) is 0 Å². The number of nitrogens with one attached hydrogen (secondary N) is 1. The number of hydrogen-bond acceptors (Lipinski definition) is 5. The minimum absolute atomic E-state index is 0.0810. The highest BCUT2D eigenvalue weighted by atomic mass is 16.5. The molecule has 2 aromatic rings. The molecule has 7 nitrogen and oxygen atoms in total. The van der Waals surface area contributed by atoms with E-state index < -0.39 is 0 Å². The Morgan fingerprint density at radius 3 is 2.62 bits per heavy atom. The van der Waals surface area contributed by atoms with Crippen LogP contribution >= 0.6 is 0 Å². The largest absolute Gasteiger partial charge is 0.360 e. The lowest BCUT2D eigenvalue weighted by Crippen LogP contribution is -2.49. The molecule has 0 aliphatic carbocycles. The summed E-state index contributed by atoms with van der Waals surface area (Å²) in [6.07, 6.45) is 4.99. The van der Waals surface area contributed by atoms with Crippen molar-refractivity contribution in [2.45, 2.75) is 52.5 Å². The molecular weight excluding hydrogens is 404 g/mol. The molecule has 2 aliphatic heterocycles. The van der Waals surface area contributed by atoms with Crippen molar-refractivity contribution in [1.29, 1.82) is 0 Å². The molecule has 1 N–H and O–H groups in total. The van der Waals surface area contributed by atoms with Crippen LogP contribution < -0.4 is 5.32 Å². The molecule has 32 heavy (non-hydrogen) atoms. The number of rotatable bonds is 6. The van der Waals surface area contributed by atoms with Crippen LogP contribution in [0.3, 0.4) is 0 Å². The molecule has 1 unspecified atom stereocenters. The quantitative estimate of drug-likeness (QED) is 0.741. The van der Waals surface area contributed by atoms with Gasteiger partial charge in [0.25, 0.3) is 0 Å². The van der Waals surface area contributed by atoms with Gasteiger partial charge in [0, 0.05) is 24.6 Å². The number of aromatic nitrogens is 1. The summed E-state index contributed by atoms with van der Waals surface area (Å²) in [6, 6.07) is 12.0. The van der Waals surface area contributed by atoms with Crippen molar-refractivity contribution in [3.63, 3.8) is 0 Å². The molecule has 7 heteroatoms. The molecule has 3 heterocycles. The Kier molecular flexibility index (Phi) is 6.94. The standard InChI is InChI=1S/C25H34N4O3/c1-19-16-22(27-32-19)26-23(30)18-28-14-10-21(11-15-28)25(2)12-6-7-13-29(24(25)31)17-20-8-4-3-5-9-20/h3-5,8-9,16,21H,6-7,10-15,17-18H2,1-2H3,(H,26,27,30). The van der Waals surface area contributed by atoms with Gasteiger partial charge in [-0.25, -0.2) is 0 Å². The topological polar surface area (TPSA) is 78.7 Å². The number of aryl methyl sites for hydroxylation is 1. The van der Waals surface area contributed by atoms with Gasteiger partial charge in [-0.15, -0.1) is 0 Å². The van der Waals surface area contributed by atoms with E-state index in [0.29, 0.717) is 36.5 Å². The average molecular weight is 439 g/mol. The summed E-state index contributed by atoms with van der Waals surface area (Å²) in [5.74, 6) is 1.70. The zero-order chi connectivity index (χ0) is 22.6. The van der Waals surface area contributed by atoms with E-state index in [1.165, 1.54) is 5.56 Å². The van der Waals surface area contributed by atoms with Crippen molar-refractivity contribution in [3.05, 3.63) is 47.7 Å². The highest BCUT2D eigenvalue weighted by Gasteiger charge is 2.45. The highest BCUT2D eigenvalue weighted by molar-refractivity contribution is 5.91. The Bertz CT molecular complexity index is 920. The van der Waals surface area contributed by atoms with Crippen LogP contribution in [0.15, 0.2) is 40.9 Å². The fraction of sp³-hybridized carbons (Fsp3) is 0.560. The molecule has 1 atom stereocenters. The first-order valence-electron chi connectivity index (χ1n) is 11.7. The van der Waals surface area contributed by atoms with E-state index in [1.807, 2.05) is 18.2 Å². The van der Waals surface area contributed by atoms with Crippen LogP contribution in [0.1, 0.15) is 50.4 Å². The first kappa shape index (κ1) is 22.5. The van der Waals surface area contributed by atoms with Gasteiger partial charge in [0.15, 0.2) is 5.82 Å². The van der Waals surface area contributed by atoms with Crippen molar-refractivity contribution in [2.75, 3.05) is 31.5 Å². The smallest absolute Gasteiger partial charge is 0.239 e. The summed E-state index contributed by atoms with van der Waals surface area (Å²) < 4.78 is 5.00. The Morgan fingerprint density at radius 1 is 1.19 bits per heavy atom. The van der Waals surface area contributed by atoms with E-state index >= 15 is 0 Å². The monoisotopic (exact) mass is 438 g/mol. The van der Waals surface area contributed by atoms with Gasteiger partial charge in [0.05, 0.1) is 6.54 Å². The average Bonchev–Trinajstić information content (AvgIpc) is 3.14. The summed E-state index contributed by atoms with van der Waals surface area (Å²) in [5.41, 5.74) is 0.867. The second kappa shape index (κ2) is 9.86. The molecule has 0 radical (unpaired) electrons. The fourth-order valence-corrected chi connectivity index (χ4v) is 5.24. The van der Waals surface area contributed by atoms with Gasteiger partial charge in [-0.1, -0.05) is 48.8 Å². The first-order chi connectivity index (χ1) is 15.4. The third kappa shape index (κ3) is 5.21. The van der Waals surface area contributed by atoms with Crippen LogP contribution in [0.5, 0.6) is 0 Å². The summed E-state index contributed by atoms with van der Waals surface area (Å²) >= 11 is 0. The van der Waals surface area contributed by atoms with Gasteiger partial charge in [-0.2, -0.15) is 0 Å². The maximum absolute atomic E-state index is 13.7. The van der Waals surface area contributed by atoms with Crippen molar-refractivity contribution >= 4 is 17.6 Å². The van der Waals surface area contributed by atoms with Crippen LogP contribution in [-0.2, 0) is 16.1 Å². The predicted octanol–water partition coefficient (Wildman–Crippen LogP) is 3.85. The number of likely N-dealkylation sites (tertiary alicyclic amines) is 2. The Hall–Kier alpha value is -2.67. The molecular formula is C25H34N4O3. The van der Waals surface area contributed by atoms with E-state index in [4.69, 9.17) is 4.52 Å². The summed E-state index contributed by atoms with van der Waals surface area (Å²) in [7, 11) is 0. The molecule has 1 aromatic heterocycles. The van der Waals surface area contributed by atoms with Gasteiger partial charge < -0.3 is 14.7 Å². The van der Waals surface area contributed by atoms with Gasteiger partial charge in [-0.05, 0) is 57.2 Å². The molecule has 4 rings (SSSR count). The third-order valence-electron chi connectivity index (χ3n) is 7.12. The highest BCUT2D eigenvalue weighted by Crippen LogP contribution is 2.43. The van der Waals surface area contributed by atoms with Crippen molar-refractivity contribution in [2.24, 2.45) is 11.3 Å².